The fourth-order valence-corrected chi connectivity index (χ4v) is 4.04. The highest BCUT2D eigenvalue weighted by atomic mass is 19.1. The predicted octanol–water partition coefficient (Wildman–Crippen LogP) is 5.09. The van der Waals surface area contributed by atoms with Crippen LogP contribution in [0.1, 0.15) is 23.6 Å². The van der Waals surface area contributed by atoms with Gasteiger partial charge in [-0.1, -0.05) is 12.1 Å². The zero-order valence-electron chi connectivity index (χ0n) is 18.9. The number of nitrogens with one attached hydrogen (secondary N) is 1. The first-order chi connectivity index (χ1) is 14.8. The molecule has 1 N–H and O–H groups in total. The van der Waals surface area contributed by atoms with Gasteiger partial charge in [-0.25, -0.2) is 14.4 Å². The normalized spacial score (nSPS) is 17.1. The van der Waals surface area contributed by atoms with E-state index in [0.717, 1.165) is 30.9 Å². The molecule has 31 heavy (non-hydrogen) atoms. The number of halogens is 1. The van der Waals surface area contributed by atoms with Crippen LogP contribution in [0, 0.1) is 26.6 Å². The minimum Gasteiger partial charge on any atom is -0.366 e. The summed E-state index contributed by atoms with van der Waals surface area (Å²) < 4.78 is 14.9. The smallest absolute Gasteiger partial charge is 0.227 e. The lowest BCUT2D eigenvalue weighted by Gasteiger charge is -2.39. The molecule has 5 nitrogen and oxygen atoms in total. The molecular formula is C25H30FN5. The van der Waals surface area contributed by atoms with Gasteiger partial charge in [0.05, 0.1) is 11.4 Å². The van der Waals surface area contributed by atoms with E-state index in [1.54, 1.807) is 6.20 Å². The van der Waals surface area contributed by atoms with E-state index in [-0.39, 0.29) is 5.82 Å². The molecule has 162 valence electrons. The SMILES string of the molecule is Cc1ccc(-c2ccnc(Nc3ccc(N4CCN(C)C(C)C4)c(F)c3)n2)c(C)c1C. The first-order valence-corrected chi connectivity index (χ1v) is 10.8. The summed E-state index contributed by atoms with van der Waals surface area (Å²) in [6.45, 7) is 11.1. The third-order valence-corrected chi connectivity index (χ3v) is 6.49. The maximum Gasteiger partial charge on any atom is 0.227 e. The summed E-state index contributed by atoms with van der Waals surface area (Å²) in [6.07, 6.45) is 1.73. The summed E-state index contributed by atoms with van der Waals surface area (Å²) in [5.41, 5.74) is 6.95. The Kier molecular flexibility index (Phi) is 5.92. The quantitative estimate of drug-likeness (QED) is 0.638. The molecule has 0 spiro atoms. The van der Waals surface area contributed by atoms with Crippen LogP contribution in [0.3, 0.4) is 0 Å². The van der Waals surface area contributed by atoms with E-state index in [2.05, 4.69) is 72.0 Å². The van der Waals surface area contributed by atoms with Crippen LogP contribution < -0.4 is 10.2 Å². The maximum absolute atomic E-state index is 14.9. The van der Waals surface area contributed by atoms with Gasteiger partial charge < -0.3 is 15.1 Å². The Morgan fingerprint density at radius 3 is 2.58 bits per heavy atom. The summed E-state index contributed by atoms with van der Waals surface area (Å²) in [6, 6.07) is 11.8. The first kappa shape index (κ1) is 21.2. The summed E-state index contributed by atoms with van der Waals surface area (Å²) in [5, 5.41) is 3.16. The highest BCUT2D eigenvalue weighted by Gasteiger charge is 2.22. The minimum atomic E-state index is -0.233. The molecule has 3 aromatic rings. The van der Waals surface area contributed by atoms with Gasteiger partial charge in [-0.15, -0.1) is 0 Å². The van der Waals surface area contributed by atoms with Crippen LogP contribution in [0.25, 0.3) is 11.3 Å². The number of piperazine rings is 1. The van der Waals surface area contributed by atoms with Crippen molar-refractivity contribution >= 4 is 17.3 Å². The van der Waals surface area contributed by atoms with Crippen molar-refractivity contribution in [3.05, 3.63) is 65.1 Å². The van der Waals surface area contributed by atoms with Gasteiger partial charge in [-0.2, -0.15) is 0 Å². The van der Waals surface area contributed by atoms with Crippen LogP contribution in [-0.4, -0.2) is 47.6 Å². The number of anilines is 3. The van der Waals surface area contributed by atoms with E-state index in [0.29, 0.717) is 23.4 Å². The Hall–Kier alpha value is -2.99. The van der Waals surface area contributed by atoms with Crippen LogP contribution in [0.2, 0.25) is 0 Å². The number of aromatic nitrogens is 2. The fourth-order valence-electron chi connectivity index (χ4n) is 4.04. The van der Waals surface area contributed by atoms with E-state index in [1.807, 2.05) is 18.2 Å². The number of rotatable bonds is 4. The Labute approximate surface area is 183 Å². The molecular weight excluding hydrogens is 389 g/mol. The Bertz CT molecular complexity index is 1100. The summed E-state index contributed by atoms with van der Waals surface area (Å²) in [7, 11) is 2.11. The average Bonchev–Trinajstić information content (AvgIpc) is 2.74. The number of hydrogen-bond donors (Lipinski definition) is 1. The van der Waals surface area contributed by atoms with Crippen molar-refractivity contribution in [3.63, 3.8) is 0 Å². The number of likely N-dealkylation sites (N-methyl/N-ethyl adjacent to an activating group) is 1. The van der Waals surface area contributed by atoms with Crippen LogP contribution >= 0.6 is 0 Å². The van der Waals surface area contributed by atoms with Crippen LogP contribution in [0.4, 0.5) is 21.7 Å². The molecule has 1 aliphatic heterocycles. The van der Waals surface area contributed by atoms with Crippen molar-refractivity contribution in [2.24, 2.45) is 0 Å². The van der Waals surface area contributed by atoms with Gasteiger partial charge in [0, 0.05) is 43.1 Å². The number of hydrogen-bond acceptors (Lipinski definition) is 5. The molecule has 1 atom stereocenters. The van der Waals surface area contributed by atoms with Crippen molar-refractivity contribution in [1.82, 2.24) is 14.9 Å². The fraction of sp³-hybridized carbons (Fsp3) is 0.360. The molecule has 1 fully saturated rings. The van der Waals surface area contributed by atoms with Crippen molar-refractivity contribution in [3.8, 4) is 11.3 Å². The van der Waals surface area contributed by atoms with E-state index < -0.39 is 0 Å². The second-order valence-corrected chi connectivity index (χ2v) is 8.51. The largest absolute Gasteiger partial charge is 0.366 e. The molecule has 0 saturated carbocycles. The zero-order valence-corrected chi connectivity index (χ0v) is 18.9. The Morgan fingerprint density at radius 2 is 1.84 bits per heavy atom. The van der Waals surface area contributed by atoms with Crippen molar-refractivity contribution < 1.29 is 4.39 Å². The van der Waals surface area contributed by atoms with Gasteiger partial charge in [0.15, 0.2) is 0 Å². The number of nitrogens with zero attached hydrogens (tertiary/aromatic N) is 4. The van der Waals surface area contributed by atoms with Gasteiger partial charge in [0.1, 0.15) is 5.82 Å². The van der Waals surface area contributed by atoms with Crippen molar-refractivity contribution in [2.75, 3.05) is 36.9 Å². The van der Waals surface area contributed by atoms with Crippen LogP contribution in [0.5, 0.6) is 0 Å². The molecule has 1 aliphatic rings. The van der Waals surface area contributed by atoms with Crippen molar-refractivity contribution in [2.45, 2.75) is 33.7 Å². The monoisotopic (exact) mass is 419 g/mol. The molecule has 0 aliphatic carbocycles. The lowest BCUT2D eigenvalue weighted by atomic mass is 9.97. The maximum atomic E-state index is 14.9. The van der Waals surface area contributed by atoms with Crippen LogP contribution in [0.15, 0.2) is 42.6 Å². The van der Waals surface area contributed by atoms with Crippen molar-refractivity contribution in [1.29, 1.82) is 0 Å². The third-order valence-electron chi connectivity index (χ3n) is 6.49. The molecule has 0 amide bonds. The van der Waals surface area contributed by atoms with Crippen LogP contribution in [-0.2, 0) is 0 Å². The standard InChI is InChI=1S/C25H30FN5/c1-16-6-8-21(19(4)18(16)3)23-10-11-27-25(29-23)28-20-7-9-24(22(26)14-20)31-13-12-30(5)17(2)15-31/h6-11,14,17H,12-13,15H2,1-5H3,(H,27,28,29). The lowest BCUT2D eigenvalue weighted by Crippen LogP contribution is -2.50. The zero-order chi connectivity index (χ0) is 22.1. The molecule has 6 heteroatoms. The molecule has 2 aromatic carbocycles. The average molecular weight is 420 g/mol. The summed E-state index contributed by atoms with van der Waals surface area (Å²) in [5.74, 6) is 0.221. The Morgan fingerprint density at radius 1 is 1.03 bits per heavy atom. The molecule has 0 bridgehead atoms. The number of aryl methyl sites for hydroxylation is 1. The second kappa shape index (κ2) is 8.63. The van der Waals surface area contributed by atoms with Gasteiger partial charge in [-0.3, -0.25) is 0 Å². The lowest BCUT2D eigenvalue weighted by molar-refractivity contribution is 0.233. The molecule has 0 radical (unpaired) electrons. The van der Waals surface area contributed by atoms with Gasteiger partial charge >= 0.3 is 0 Å². The van der Waals surface area contributed by atoms with Gasteiger partial charge in [0.25, 0.3) is 0 Å². The molecule has 1 aromatic heterocycles. The van der Waals surface area contributed by atoms with E-state index >= 15 is 0 Å². The predicted molar refractivity (Wildman–Crippen MR) is 126 cm³/mol. The van der Waals surface area contributed by atoms with E-state index in [9.17, 15) is 4.39 Å². The molecule has 1 saturated heterocycles. The highest BCUT2D eigenvalue weighted by Crippen LogP contribution is 2.28. The summed E-state index contributed by atoms with van der Waals surface area (Å²) in [4.78, 5) is 13.4. The van der Waals surface area contributed by atoms with E-state index in [4.69, 9.17) is 0 Å². The molecule has 2 heterocycles. The Balaban J connectivity index is 1.55. The second-order valence-electron chi connectivity index (χ2n) is 8.51. The first-order valence-electron chi connectivity index (χ1n) is 10.8. The molecule has 4 rings (SSSR count). The molecule has 1 unspecified atom stereocenters. The van der Waals surface area contributed by atoms with E-state index in [1.165, 1.54) is 22.8 Å². The highest BCUT2D eigenvalue weighted by molar-refractivity contribution is 5.68. The third kappa shape index (κ3) is 4.39. The topological polar surface area (TPSA) is 44.3 Å². The van der Waals surface area contributed by atoms with Gasteiger partial charge in [0.2, 0.25) is 5.95 Å². The minimum absolute atomic E-state index is 0.233. The van der Waals surface area contributed by atoms with Gasteiger partial charge in [-0.05, 0) is 75.7 Å². The number of benzene rings is 2. The summed E-state index contributed by atoms with van der Waals surface area (Å²) >= 11 is 0.